The second-order valence-electron chi connectivity index (χ2n) is 7.32. The predicted molar refractivity (Wildman–Crippen MR) is 135 cm³/mol. The number of carbonyl (C=O) groups excluding carboxylic acids is 1. The van der Waals surface area contributed by atoms with Gasteiger partial charge in [-0.2, -0.15) is 0 Å². The first-order chi connectivity index (χ1) is 16.4. The van der Waals surface area contributed by atoms with Crippen LogP contribution in [0.4, 0.5) is 0 Å². The van der Waals surface area contributed by atoms with Crippen molar-refractivity contribution in [2.75, 3.05) is 30.6 Å². The van der Waals surface area contributed by atoms with Crippen molar-refractivity contribution in [3.05, 3.63) is 46.4 Å². The zero-order chi connectivity index (χ0) is 26.2. The van der Waals surface area contributed by atoms with Crippen molar-refractivity contribution in [3.63, 3.8) is 0 Å². The first kappa shape index (κ1) is 29.5. The van der Waals surface area contributed by atoms with Crippen LogP contribution in [-0.2, 0) is 29.2 Å². The summed E-state index contributed by atoms with van der Waals surface area (Å²) in [7, 11) is -7.44. The monoisotopic (exact) mass is 586 g/mol. The Labute approximate surface area is 220 Å². The van der Waals surface area contributed by atoms with E-state index in [4.69, 9.17) is 49.0 Å². The molecule has 0 amide bonds. The molecule has 2 aromatic carbocycles. The van der Waals surface area contributed by atoms with E-state index in [1.807, 2.05) is 0 Å². The maximum Gasteiger partial charge on any atom is 0.303 e. The smallest absolute Gasteiger partial charge is 0.303 e. The molecule has 194 valence electrons. The highest BCUT2D eigenvalue weighted by atomic mass is 35.5. The Morgan fingerprint density at radius 1 is 0.971 bits per heavy atom. The number of alkyl halides is 1. The molecule has 8 nitrogen and oxygen atoms in total. The van der Waals surface area contributed by atoms with Crippen LogP contribution in [0.2, 0.25) is 10.0 Å². The molecule has 0 spiro atoms. The zero-order valence-electron chi connectivity index (χ0n) is 19.0. The van der Waals surface area contributed by atoms with E-state index in [-0.39, 0.29) is 37.9 Å². The molecule has 0 fully saturated rings. The van der Waals surface area contributed by atoms with Gasteiger partial charge in [-0.1, -0.05) is 30.1 Å². The van der Waals surface area contributed by atoms with Crippen LogP contribution in [0.3, 0.4) is 0 Å². The lowest BCUT2D eigenvalue weighted by molar-refractivity contribution is -0.146. The minimum atomic E-state index is -3.97. The van der Waals surface area contributed by atoms with E-state index in [9.17, 15) is 21.6 Å². The van der Waals surface area contributed by atoms with Gasteiger partial charge in [0.15, 0.2) is 15.6 Å². The molecule has 35 heavy (non-hydrogen) atoms. The van der Waals surface area contributed by atoms with Crippen molar-refractivity contribution in [3.8, 4) is 11.5 Å². The van der Waals surface area contributed by atoms with Crippen molar-refractivity contribution in [2.45, 2.75) is 36.2 Å². The molecule has 1 atom stereocenters. The number of sulfone groups is 2. The molecule has 0 saturated heterocycles. The molecule has 0 aliphatic heterocycles. The van der Waals surface area contributed by atoms with E-state index in [0.29, 0.717) is 24.7 Å². The number of benzene rings is 2. The average Bonchev–Trinajstić information content (AvgIpc) is 2.78. The van der Waals surface area contributed by atoms with Crippen molar-refractivity contribution >= 4 is 60.4 Å². The van der Waals surface area contributed by atoms with Crippen molar-refractivity contribution in [2.24, 2.45) is 0 Å². The summed E-state index contributed by atoms with van der Waals surface area (Å²) in [6.07, 6.45) is -0.443. The summed E-state index contributed by atoms with van der Waals surface area (Å²) in [4.78, 5) is 11.2. The van der Waals surface area contributed by atoms with Gasteiger partial charge in [-0.15, -0.1) is 11.6 Å². The molecule has 0 unspecified atom stereocenters. The molecular weight excluding hydrogens is 563 g/mol. The topological polar surface area (TPSA) is 113 Å². The summed E-state index contributed by atoms with van der Waals surface area (Å²) in [6.45, 7) is 2.67. The van der Waals surface area contributed by atoms with Gasteiger partial charge in [-0.25, -0.2) is 16.8 Å². The predicted octanol–water partition coefficient (Wildman–Crippen LogP) is 4.58. The number of halogens is 3. The van der Waals surface area contributed by atoms with Crippen molar-refractivity contribution < 1.29 is 35.8 Å². The molecule has 2 rings (SSSR count). The van der Waals surface area contributed by atoms with Gasteiger partial charge >= 0.3 is 5.97 Å². The first-order valence-electron chi connectivity index (χ1n) is 10.4. The van der Waals surface area contributed by atoms with Gasteiger partial charge in [-0.3, -0.25) is 4.79 Å². The van der Waals surface area contributed by atoms with Crippen LogP contribution < -0.4 is 9.47 Å². The third-order valence-corrected chi connectivity index (χ3v) is 8.93. The van der Waals surface area contributed by atoms with Crippen LogP contribution in [0.5, 0.6) is 11.5 Å². The minimum Gasteiger partial charge on any atom is -0.494 e. The molecular formula is C22H25Cl3O8S2. The summed E-state index contributed by atoms with van der Waals surface area (Å²) < 4.78 is 66.0. The van der Waals surface area contributed by atoms with Crippen LogP contribution in [0.1, 0.15) is 20.3 Å². The number of hydrogen-bond donors (Lipinski definition) is 0. The van der Waals surface area contributed by atoms with Crippen molar-refractivity contribution in [1.29, 1.82) is 0 Å². The number of carbonyl (C=O) groups is 1. The molecule has 0 aromatic heterocycles. The van der Waals surface area contributed by atoms with E-state index < -0.39 is 37.5 Å². The first-order valence-corrected chi connectivity index (χ1v) is 15.0. The van der Waals surface area contributed by atoms with Gasteiger partial charge < -0.3 is 14.2 Å². The maximum absolute atomic E-state index is 13.1. The van der Waals surface area contributed by atoms with E-state index in [0.717, 1.165) is 6.92 Å². The zero-order valence-corrected chi connectivity index (χ0v) is 22.9. The standard InChI is InChI=1S/C22H25Cl3O8S2/c1-3-34(27,28)14-17(33-15(2)26)13-32-22-20(24)11-19(12-21(22)25)35(29,30)18-7-5-16(6-8-18)31-10-4-9-23/h5-8,11-12,17H,3-4,9-10,13-14H2,1-2H3/t17-/m1/s1. The molecule has 0 saturated carbocycles. The fourth-order valence-corrected chi connectivity index (χ4v) is 5.97. The Hall–Kier alpha value is -1.72. The highest BCUT2D eigenvalue weighted by Gasteiger charge is 2.25. The number of ether oxygens (including phenoxy) is 3. The SMILES string of the molecule is CCS(=O)(=O)C[C@@H](COc1c(Cl)cc(S(=O)(=O)c2ccc(OCCCCl)cc2)cc1Cl)OC(C)=O. The van der Waals surface area contributed by atoms with Crippen LogP contribution in [0.25, 0.3) is 0 Å². The van der Waals surface area contributed by atoms with Gasteiger partial charge in [0.05, 0.1) is 32.2 Å². The number of esters is 1. The Morgan fingerprint density at radius 3 is 2.09 bits per heavy atom. The molecule has 0 N–H and O–H groups in total. The van der Waals surface area contributed by atoms with Gasteiger partial charge in [0.1, 0.15) is 18.5 Å². The Kier molecular flexibility index (Phi) is 11.0. The molecule has 0 aliphatic rings. The summed E-state index contributed by atoms with van der Waals surface area (Å²) in [6, 6.07) is 8.20. The molecule has 2 aromatic rings. The van der Waals surface area contributed by atoms with Crippen LogP contribution in [0, 0.1) is 0 Å². The lowest BCUT2D eigenvalue weighted by Crippen LogP contribution is -2.32. The van der Waals surface area contributed by atoms with Gasteiger partial charge in [0, 0.05) is 18.6 Å². The van der Waals surface area contributed by atoms with E-state index in [1.165, 1.54) is 43.3 Å². The largest absolute Gasteiger partial charge is 0.494 e. The number of rotatable bonds is 13. The highest BCUT2D eigenvalue weighted by Crippen LogP contribution is 2.37. The van der Waals surface area contributed by atoms with Crippen LogP contribution in [0.15, 0.2) is 46.2 Å². The van der Waals surface area contributed by atoms with E-state index in [1.54, 1.807) is 0 Å². The fourth-order valence-electron chi connectivity index (χ4n) is 2.85. The van der Waals surface area contributed by atoms with E-state index >= 15 is 0 Å². The Bertz CT molecular complexity index is 1210. The third-order valence-electron chi connectivity index (χ3n) is 4.59. The average molecular weight is 588 g/mol. The van der Waals surface area contributed by atoms with Crippen molar-refractivity contribution in [1.82, 2.24) is 0 Å². The number of hydrogen-bond acceptors (Lipinski definition) is 8. The van der Waals surface area contributed by atoms with Gasteiger partial charge in [-0.05, 0) is 42.8 Å². The molecule has 0 aliphatic carbocycles. The normalized spacial score (nSPS) is 12.7. The summed E-state index contributed by atoms with van der Waals surface area (Å²) in [5.74, 6) is -0.382. The quantitative estimate of drug-likeness (QED) is 0.190. The van der Waals surface area contributed by atoms with Crippen LogP contribution >= 0.6 is 34.8 Å². The second-order valence-corrected chi connectivity index (χ2v) is 12.9. The Balaban J connectivity index is 2.22. The lowest BCUT2D eigenvalue weighted by Gasteiger charge is -2.19. The molecule has 13 heteroatoms. The Morgan fingerprint density at radius 2 is 1.57 bits per heavy atom. The highest BCUT2D eigenvalue weighted by molar-refractivity contribution is 7.91. The lowest BCUT2D eigenvalue weighted by atomic mass is 10.3. The van der Waals surface area contributed by atoms with Gasteiger partial charge in [0.2, 0.25) is 9.84 Å². The third kappa shape index (κ3) is 8.71. The summed E-state index contributed by atoms with van der Waals surface area (Å²) >= 11 is 18.1. The second kappa shape index (κ2) is 13.0. The summed E-state index contributed by atoms with van der Waals surface area (Å²) in [5.41, 5.74) is 0. The molecule has 0 heterocycles. The minimum absolute atomic E-state index is 0.00249. The molecule has 0 radical (unpaired) electrons. The molecule has 0 bridgehead atoms. The van der Waals surface area contributed by atoms with Gasteiger partial charge in [0.25, 0.3) is 0 Å². The fraction of sp³-hybridized carbons (Fsp3) is 0.409. The van der Waals surface area contributed by atoms with E-state index in [2.05, 4.69) is 0 Å². The summed E-state index contributed by atoms with van der Waals surface area (Å²) in [5, 5.41) is -0.228. The maximum atomic E-state index is 13.1. The van der Waals surface area contributed by atoms with Crippen LogP contribution in [-0.4, -0.2) is 59.5 Å².